The average Bonchev–Trinajstić information content (AvgIpc) is 3.40. The molecule has 0 aliphatic carbocycles. The molecular formula is C24H21N7O2. The van der Waals surface area contributed by atoms with Gasteiger partial charge < -0.3 is 14.8 Å². The van der Waals surface area contributed by atoms with Crippen molar-refractivity contribution in [2.24, 2.45) is 7.05 Å². The van der Waals surface area contributed by atoms with Crippen molar-refractivity contribution < 1.29 is 9.47 Å². The van der Waals surface area contributed by atoms with Crippen LogP contribution in [0.25, 0.3) is 16.8 Å². The lowest BCUT2D eigenvalue weighted by molar-refractivity contribution is 0.166. The highest BCUT2D eigenvalue weighted by Gasteiger charge is 2.26. The molecule has 5 heterocycles. The molecule has 0 radical (unpaired) electrons. The van der Waals surface area contributed by atoms with E-state index in [1.807, 2.05) is 72.1 Å². The van der Waals surface area contributed by atoms with Gasteiger partial charge in [0.1, 0.15) is 17.4 Å². The molecule has 9 nitrogen and oxygen atoms in total. The zero-order valence-corrected chi connectivity index (χ0v) is 17.9. The fourth-order valence-electron chi connectivity index (χ4n) is 3.97. The third-order valence-electron chi connectivity index (χ3n) is 5.61. The van der Waals surface area contributed by atoms with Crippen molar-refractivity contribution in [1.29, 1.82) is 0 Å². The van der Waals surface area contributed by atoms with Gasteiger partial charge in [-0.15, -0.1) is 10.2 Å². The smallest absolute Gasteiger partial charge is 0.201 e. The van der Waals surface area contributed by atoms with E-state index in [1.54, 1.807) is 17.1 Å². The zero-order chi connectivity index (χ0) is 22.2. The van der Waals surface area contributed by atoms with Crippen LogP contribution in [0.3, 0.4) is 0 Å². The molecule has 4 aromatic heterocycles. The molecule has 164 valence electrons. The summed E-state index contributed by atoms with van der Waals surface area (Å²) >= 11 is 0. The summed E-state index contributed by atoms with van der Waals surface area (Å²) in [5, 5.41) is 16.3. The van der Waals surface area contributed by atoms with Crippen molar-refractivity contribution >= 4 is 17.3 Å². The second kappa shape index (κ2) is 7.94. The highest BCUT2D eigenvalue weighted by Crippen LogP contribution is 2.33. The molecule has 0 spiro atoms. The number of hydrogen-bond acceptors (Lipinski definition) is 7. The first-order chi connectivity index (χ1) is 16.2. The minimum absolute atomic E-state index is 0.245. The lowest BCUT2D eigenvalue weighted by Gasteiger charge is -2.15. The maximum absolute atomic E-state index is 6.20. The second-order valence-electron chi connectivity index (χ2n) is 7.79. The summed E-state index contributed by atoms with van der Waals surface area (Å²) in [4.78, 5) is 4.43. The quantitative estimate of drug-likeness (QED) is 0.439. The minimum Gasteiger partial charge on any atom is -0.482 e. The summed E-state index contributed by atoms with van der Waals surface area (Å²) in [7, 11) is 1.88. The number of nitrogens with zero attached hydrogens (tertiary/aromatic N) is 6. The number of hydrogen-bond donors (Lipinski definition) is 1. The van der Waals surface area contributed by atoms with E-state index in [0.29, 0.717) is 24.6 Å². The third kappa shape index (κ3) is 3.63. The predicted octanol–water partition coefficient (Wildman–Crippen LogP) is 4.17. The normalized spacial score (nSPS) is 15.1. The number of ether oxygens (including phenoxy) is 2. The molecule has 0 saturated carbocycles. The molecular weight excluding hydrogens is 418 g/mol. The second-order valence-corrected chi connectivity index (χ2v) is 7.79. The van der Waals surface area contributed by atoms with Gasteiger partial charge in [-0.1, -0.05) is 18.2 Å². The Morgan fingerprint density at radius 1 is 1.00 bits per heavy atom. The van der Waals surface area contributed by atoms with Crippen molar-refractivity contribution in [3.63, 3.8) is 0 Å². The monoisotopic (exact) mass is 439 g/mol. The third-order valence-corrected chi connectivity index (χ3v) is 5.61. The molecule has 0 fully saturated rings. The van der Waals surface area contributed by atoms with Crippen molar-refractivity contribution in [2.75, 3.05) is 11.9 Å². The van der Waals surface area contributed by atoms with E-state index in [-0.39, 0.29) is 6.10 Å². The van der Waals surface area contributed by atoms with E-state index in [4.69, 9.17) is 9.47 Å². The first-order valence-electron chi connectivity index (χ1n) is 10.7. The Kier molecular flexibility index (Phi) is 4.64. The van der Waals surface area contributed by atoms with Crippen molar-refractivity contribution in [2.45, 2.75) is 12.5 Å². The number of pyridine rings is 2. The van der Waals surface area contributed by atoms with Gasteiger partial charge in [0.2, 0.25) is 5.88 Å². The average molecular weight is 439 g/mol. The Bertz CT molecular complexity index is 1430. The minimum atomic E-state index is -0.245. The molecule has 33 heavy (non-hydrogen) atoms. The molecule has 1 unspecified atom stereocenters. The van der Waals surface area contributed by atoms with Crippen molar-refractivity contribution in [3.8, 4) is 22.8 Å². The molecule has 9 heteroatoms. The lowest BCUT2D eigenvalue weighted by Crippen LogP contribution is -2.11. The number of rotatable bonds is 5. The van der Waals surface area contributed by atoms with E-state index in [1.165, 1.54) is 0 Å². The van der Waals surface area contributed by atoms with Gasteiger partial charge in [-0.2, -0.15) is 5.10 Å². The summed E-state index contributed by atoms with van der Waals surface area (Å²) in [6.07, 6.45) is 3.94. The number of aryl methyl sites for hydroxylation is 1. The fourth-order valence-corrected chi connectivity index (χ4v) is 3.97. The standard InChI is InChI=1S/C24H21N7O2/c1-30-21(8-11-26-30)27-20-13-16(7-10-25-20)17-14-22-28-29-24-19(33-18-5-3-2-4-6-18)9-12-32-23(15-17)31(22)24/h2-8,10-11,13-15,19H,9,12H2,1H3,(H,25,27). The summed E-state index contributed by atoms with van der Waals surface area (Å²) in [6.45, 7) is 0.517. The van der Waals surface area contributed by atoms with Gasteiger partial charge in [0, 0.05) is 31.8 Å². The van der Waals surface area contributed by atoms with Crippen LogP contribution in [-0.2, 0) is 7.05 Å². The van der Waals surface area contributed by atoms with Crippen LogP contribution in [0.15, 0.2) is 73.1 Å². The van der Waals surface area contributed by atoms with Gasteiger partial charge in [-0.3, -0.25) is 4.68 Å². The van der Waals surface area contributed by atoms with Crippen LogP contribution in [0.2, 0.25) is 0 Å². The molecule has 0 amide bonds. The molecule has 1 aromatic carbocycles. The van der Waals surface area contributed by atoms with E-state index >= 15 is 0 Å². The van der Waals surface area contributed by atoms with Gasteiger partial charge in [-0.25, -0.2) is 9.38 Å². The zero-order valence-electron chi connectivity index (χ0n) is 17.9. The number of anilines is 2. The Morgan fingerprint density at radius 2 is 1.91 bits per heavy atom. The molecule has 1 atom stereocenters. The summed E-state index contributed by atoms with van der Waals surface area (Å²) in [5.74, 6) is 3.81. The number of para-hydroxylation sites is 1. The Labute approximate surface area is 189 Å². The Morgan fingerprint density at radius 3 is 2.76 bits per heavy atom. The van der Waals surface area contributed by atoms with Gasteiger partial charge in [-0.05, 0) is 41.5 Å². The van der Waals surface area contributed by atoms with Crippen molar-refractivity contribution in [1.82, 2.24) is 29.4 Å². The molecule has 1 aliphatic rings. The van der Waals surface area contributed by atoms with Crippen LogP contribution in [0, 0.1) is 0 Å². The molecule has 1 aliphatic heterocycles. The van der Waals surface area contributed by atoms with Crippen LogP contribution in [0.1, 0.15) is 18.3 Å². The molecule has 1 N–H and O–H groups in total. The fraction of sp³-hybridized carbons (Fsp3) is 0.167. The van der Waals surface area contributed by atoms with Gasteiger partial charge in [0.25, 0.3) is 0 Å². The van der Waals surface area contributed by atoms with Crippen LogP contribution < -0.4 is 14.8 Å². The summed E-state index contributed by atoms with van der Waals surface area (Å²) < 4.78 is 16.0. The molecule has 6 rings (SSSR count). The number of aromatic nitrogens is 6. The largest absolute Gasteiger partial charge is 0.482 e. The van der Waals surface area contributed by atoms with Crippen molar-refractivity contribution in [3.05, 3.63) is 78.9 Å². The van der Waals surface area contributed by atoms with Gasteiger partial charge in [0.15, 0.2) is 17.6 Å². The van der Waals surface area contributed by atoms with Crippen LogP contribution in [-0.4, -0.2) is 36.0 Å². The van der Waals surface area contributed by atoms with Gasteiger partial charge in [0.05, 0.1) is 12.8 Å². The molecule has 0 bridgehead atoms. The molecule has 0 saturated heterocycles. The summed E-state index contributed by atoms with van der Waals surface area (Å²) in [6, 6.07) is 19.6. The maximum atomic E-state index is 6.20. The van der Waals surface area contributed by atoms with Crippen LogP contribution >= 0.6 is 0 Å². The van der Waals surface area contributed by atoms with E-state index in [0.717, 1.165) is 34.3 Å². The van der Waals surface area contributed by atoms with Crippen LogP contribution in [0.5, 0.6) is 11.6 Å². The predicted molar refractivity (Wildman–Crippen MR) is 123 cm³/mol. The SMILES string of the molecule is Cn1nccc1Nc1cc(-c2cc3n4c(nnc4c2)C(Oc2ccccc2)CCO3)ccn1. The Hall–Kier alpha value is -4.40. The first kappa shape index (κ1) is 19.3. The maximum Gasteiger partial charge on any atom is 0.201 e. The lowest BCUT2D eigenvalue weighted by atomic mass is 10.1. The van der Waals surface area contributed by atoms with E-state index < -0.39 is 0 Å². The van der Waals surface area contributed by atoms with Crippen LogP contribution in [0.4, 0.5) is 11.6 Å². The van der Waals surface area contributed by atoms with Gasteiger partial charge >= 0.3 is 0 Å². The summed E-state index contributed by atoms with van der Waals surface area (Å²) in [5.41, 5.74) is 2.66. The highest BCUT2D eigenvalue weighted by molar-refractivity contribution is 5.72. The van der Waals surface area contributed by atoms with E-state index in [9.17, 15) is 0 Å². The Balaban J connectivity index is 1.35. The number of benzene rings is 1. The number of nitrogens with one attached hydrogen (secondary N) is 1. The topological polar surface area (TPSA) is 91.4 Å². The highest BCUT2D eigenvalue weighted by atomic mass is 16.5. The first-order valence-corrected chi connectivity index (χ1v) is 10.7. The molecule has 5 aromatic rings. The van der Waals surface area contributed by atoms with E-state index in [2.05, 4.69) is 25.6 Å².